The molecular weight excluding hydrogens is 258 g/mol. The molecule has 0 aromatic rings. The van der Waals surface area contributed by atoms with Crippen LogP contribution in [-0.4, -0.2) is 30.0 Å². The van der Waals surface area contributed by atoms with Crippen LogP contribution in [0.4, 0.5) is 0 Å². The molecule has 1 fully saturated rings. The highest BCUT2D eigenvalue weighted by Gasteiger charge is 2.30. The van der Waals surface area contributed by atoms with Crippen LogP contribution in [0.2, 0.25) is 0 Å². The van der Waals surface area contributed by atoms with Gasteiger partial charge < -0.3 is 10.1 Å². The first-order valence-corrected chi connectivity index (χ1v) is 6.75. The van der Waals surface area contributed by atoms with E-state index in [1.165, 1.54) is 0 Å². The second-order valence-electron chi connectivity index (χ2n) is 4.21. The van der Waals surface area contributed by atoms with E-state index in [1.54, 1.807) is 0 Å². The van der Waals surface area contributed by atoms with Crippen LogP contribution in [0.25, 0.3) is 0 Å². The predicted octanol–water partition coefficient (Wildman–Crippen LogP) is 2.09. The number of nitrogens with one attached hydrogen (secondary N) is 1. The summed E-state index contributed by atoms with van der Waals surface area (Å²) in [5, 5.41) is 4.04. The number of ether oxygens (including phenoxy) is 1. The number of rotatable bonds is 5. The number of carbonyl (C=O) groups excluding carboxylic acids is 1. The fourth-order valence-electron chi connectivity index (χ4n) is 1.88. The summed E-state index contributed by atoms with van der Waals surface area (Å²) in [7, 11) is 0. The quantitative estimate of drug-likeness (QED) is 0.782. The predicted molar refractivity (Wildman–Crippen MR) is 64.2 cm³/mol. The third-order valence-electron chi connectivity index (χ3n) is 2.87. The van der Waals surface area contributed by atoms with Crippen LogP contribution >= 0.6 is 15.9 Å². The van der Waals surface area contributed by atoms with Gasteiger partial charge in [-0.05, 0) is 33.1 Å². The molecule has 0 bridgehead atoms. The average Bonchev–Trinajstić information content (AvgIpc) is 2.61. The summed E-state index contributed by atoms with van der Waals surface area (Å²) in [6.45, 7) is 4.75. The standard InChI is InChI=1S/C11H20BrNO2/c1-8(4-3-6-12)13-11(14)10-5-7-15-9(10)2/h8-10H,3-7H2,1-2H3,(H,13,14). The molecule has 3 unspecified atom stereocenters. The number of hydrogen-bond acceptors (Lipinski definition) is 2. The van der Waals surface area contributed by atoms with Gasteiger partial charge in [0.2, 0.25) is 5.91 Å². The van der Waals surface area contributed by atoms with Crippen molar-refractivity contribution in [2.45, 2.75) is 45.3 Å². The largest absolute Gasteiger partial charge is 0.378 e. The Morgan fingerprint density at radius 1 is 1.67 bits per heavy atom. The highest BCUT2D eigenvalue weighted by molar-refractivity contribution is 9.09. The summed E-state index contributed by atoms with van der Waals surface area (Å²) in [5.41, 5.74) is 0. The molecule has 1 amide bonds. The van der Waals surface area contributed by atoms with Crippen LogP contribution in [0.3, 0.4) is 0 Å². The van der Waals surface area contributed by atoms with Crippen molar-refractivity contribution in [3.63, 3.8) is 0 Å². The van der Waals surface area contributed by atoms with Crippen LogP contribution in [0.15, 0.2) is 0 Å². The fourth-order valence-corrected chi connectivity index (χ4v) is 2.21. The highest BCUT2D eigenvalue weighted by Crippen LogP contribution is 2.20. The molecule has 0 aromatic carbocycles. The van der Waals surface area contributed by atoms with Gasteiger partial charge >= 0.3 is 0 Å². The zero-order chi connectivity index (χ0) is 11.3. The van der Waals surface area contributed by atoms with E-state index >= 15 is 0 Å². The maximum Gasteiger partial charge on any atom is 0.226 e. The molecule has 1 saturated heterocycles. The topological polar surface area (TPSA) is 38.3 Å². The minimum absolute atomic E-state index is 0.0522. The maximum absolute atomic E-state index is 11.8. The summed E-state index contributed by atoms with van der Waals surface area (Å²) in [6, 6.07) is 0.267. The van der Waals surface area contributed by atoms with Crippen LogP contribution in [0.1, 0.15) is 33.1 Å². The smallest absolute Gasteiger partial charge is 0.226 e. The van der Waals surface area contributed by atoms with Gasteiger partial charge in [0, 0.05) is 18.0 Å². The van der Waals surface area contributed by atoms with Gasteiger partial charge in [0.1, 0.15) is 0 Å². The lowest BCUT2D eigenvalue weighted by Crippen LogP contribution is -2.39. The molecule has 3 atom stereocenters. The summed E-state index contributed by atoms with van der Waals surface area (Å²) in [4.78, 5) is 11.8. The van der Waals surface area contributed by atoms with Crippen molar-refractivity contribution in [2.24, 2.45) is 5.92 Å². The average molecular weight is 278 g/mol. The Labute approximate surface area is 100 Å². The van der Waals surface area contributed by atoms with Crippen molar-refractivity contribution in [2.75, 3.05) is 11.9 Å². The van der Waals surface area contributed by atoms with Gasteiger partial charge in [0.15, 0.2) is 0 Å². The maximum atomic E-state index is 11.8. The molecule has 0 aliphatic carbocycles. The van der Waals surface area contributed by atoms with Crippen LogP contribution < -0.4 is 5.32 Å². The molecule has 4 heteroatoms. The van der Waals surface area contributed by atoms with Gasteiger partial charge in [-0.3, -0.25) is 4.79 Å². The number of carbonyl (C=O) groups is 1. The van der Waals surface area contributed by atoms with Gasteiger partial charge in [-0.25, -0.2) is 0 Å². The van der Waals surface area contributed by atoms with E-state index in [-0.39, 0.29) is 24.0 Å². The third-order valence-corrected chi connectivity index (χ3v) is 3.43. The second-order valence-corrected chi connectivity index (χ2v) is 5.00. The monoisotopic (exact) mass is 277 g/mol. The van der Waals surface area contributed by atoms with Crippen molar-refractivity contribution in [1.82, 2.24) is 5.32 Å². The Hall–Kier alpha value is -0.0900. The number of halogens is 1. The summed E-state index contributed by atoms with van der Waals surface area (Å²) in [6.07, 6.45) is 3.06. The Morgan fingerprint density at radius 2 is 2.40 bits per heavy atom. The van der Waals surface area contributed by atoms with Gasteiger partial charge in [-0.1, -0.05) is 15.9 Å². The molecule has 0 radical (unpaired) electrons. The zero-order valence-corrected chi connectivity index (χ0v) is 11.0. The van der Waals surface area contributed by atoms with Crippen molar-refractivity contribution in [3.8, 4) is 0 Å². The van der Waals surface area contributed by atoms with E-state index in [2.05, 4.69) is 28.2 Å². The Bertz CT molecular complexity index is 211. The Kier molecular flexibility index (Phi) is 5.61. The summed E-state index contributed by atoms with van der Waals surface area (Å²) < 4.78 is 5.38. The summed E-state index contributed by atoms with van der Waals surface area (Å²) in [5.74, 6) is 0.207. The molecule has 0 spiro atoms. The van der Waals surface area contributed by atoms with Gasteiger partial charge in [-0.15, -0.1) is 0 Å². The van der Waals surface area contributed by atoms with Gasteiger partial charge in [0.25, 0.3) is 0 Å². The molecular formula is C11H20BrNO2. The zero-order valence-electron chi connectivity index (χ0n) is 9.46. The van der Waals surface area contributed by atoms with Crippen LogP contribution in [0, 0.1) is 5.92 Å². The fraction of sp³-hybridized carbons (Fsp3) is 0.909. The SMILES string of the molecule is CC(CCCBr)NC(=O)C1CCOC1C. The highest BCUT2D eigenvalue weighted by atomic mass is 79.9. The van der Waals surface area contributed by atoms with Crippen molar-refractivity contribution in [3.05, 3.63) is 0 Å². The first-order valence-electron chi connectivity index (χ1n) is 5.63. The molecule has 1 heterocycles. The van der Waals surface area contributed by atoms with Crippen molar-refractivity contribution >= 4 is 21.8 Å². The first-order chi connectivity index (χ1) is 7.15. The minimum Gasteiger partial charge on any atom is -0.378 e. The molecule has 1 aliphatic heterocycles. The van der Waals surface area contributed by atoms with E-state index in [4.69, 9.17) is 4.74 Å². The normalized spacial score (nSPS) is 27.7. The number of hydrogen-bond donors (Lipinski definition) is 1. The molecule has 1 rings (SSSR count). The van der Waals surface area contributed by atoms with Crippen LogP contribution in [0.5, 0.6) is 0 Å². The summed E-state index contributed by atoms with van der Waals surface area (Å²) >= 11 is 3.39. The van der Waals surface area contributed by atoms with Gasteiger partial charge in [-0.2, -0.15) is 0 Å². The number of alkyl halides is 1. The van der Waals surface area contributed by atoms with Crippen LogP contribution in [-0.2, 0) is 9.53 Å². The van der Waals surface area contributed by atoms with Gasteiger partial charge in [0.05, 0.1) is 12.0 Å². The second kappa shape index (κ2) is 6.48. The molecule has 1 N–H and O–H groups in total. The molecule has 1 aliphatic rings. The van der Waals surface area contributed by atoms with E-state index in [0.29, 0.717) is 0 Å². The van der Waals surface area contributed by atoms with Crippen molar-refractivity contribution < 1.29 is 9.53 Å². The first kappa shape index (κ1) is 13.0. The lowest BCUT2D eigenvalue weighted by Gasteiger charge is -2.18. The molecule has 0 saturated carbocycles. The van der Waals surface area contributed by atoms with E-state index in [0.717, 1.165) is 31.2 Å². The number of amides is 1. The molecule has 0 aromatic heterocycles. The van der Waals surface area contributed by atoms with E-state index in [9.17, 15) is 4.79 Å². The minimum atomic E-state index is 0.0522. The van der Waals surface area contributed by atoms with E-state index in [1.807, 2.05) is 6.92 Å². The lowest BCUT2D eigenvalue weighted by molar-refractivity contribution is -0.127. The van der Waals surface area contributed by atoms with E-state index < -0.39 is 0 Å². The molecule has 3 nitrogen and oxygen atoms in total. The lowest BCUT2D eigenvalue weighted by atomic mass is 10.0. The third kappa shape index (κ3) is 4.11. The van der Waals surface area contributed by atoms with Crippen molar-refractivity contribution in [1.29, 1.82) is 0 Å². The molecule has 15 heavy (non-hydrogen) atoms. The Balaban J connectivity index is 2.28. The Morgan fingerprint density at radius 3 is 2.93 bits per heavy atom. The molecule has 88 valence electrons.